The molecule has 0 spiro atoms. The molecule has 0 aromatic heterocycles. The highest BCUT2D eigenvalue weighted by atomic mass is 16.4. The molecular weight excluding hydrogens is 206 g/mol. The molecule has 0 aliphatic rings. The second-order valence-electron chi connectivity index (χ2n) is 3.58. The molecule has 0 radical (unpaired) electrons. The van der Waals surface area contributed by atoms with Gasteiger partial charge in [-0.3, -0.25) is 0 Å². The normalized spacial score (nSPS) is 10.1. The number of hydrogen-bond donors (Lipinski definition) is 2. The van der Waals surface area contributed by atoms with Gasteiger partial charge in [0.15, 0.2) is 0 Å². The molecule has 0 aliphatic heterocycles. The maximum atomic E-state index is 10.9. The second-order valence-corrected chi connectivity index (χ2v) is 3.58. The van der Waals surface area contributed by atoms with Gasteiger partial charge in [0.25, 0.3) is 0 Å². The minimum atomic E-state index is -0.926. The van der Waals surface area contributed by atoms with Crippen LogP contribution in [0.3, 0.4) is 0 Å². The monoisotopic (exact) mass is 223 g/mol. The molecule has 4 nitrogen and oxygen atoms in total. The number of benzene rings is 1. The summed E-state index contributed by atoms with van der Waals surface area (Å²) in [5.41, 5.74) is 1.12. The average Bonchev–Trinajstić information content (AvgIpc) is 2.30. The Hall–Kier alpha value is -1.55. The first-order valence-electron chi connectivity index (χ1n) is 5.36. The number of carboxylic acid groups (broad SMARTS) is 1. The fraction of sp³-hybridized carbons (Fsp3) is 0.417. The van der Waals surface area contributed by atoms with Crippen molar-refractivity contribution < 1.29 is 15.0 Å². The first-order valence-corrected chi connectivity index (χ1v) is 5.36. The molecule has 1 amide bonds. The van der Waals surface area contributed by atoms with E-state index >= 15 is 0 Å². The number of rotatable bonds is 6. The number of amides is 1. The summed E-state index contributed by atoms with van der Waals surface area (Å²) in [5, 5.41) is 17.6. The van der Waals surface area contributed by atoms with Crippen molar-refractivity contribution >= 4 is 6.09 Å². The van der Waals surface area contributed by atoms with Crippen LogP contribution in [0.1, 0.15) is 12.0 Å². The molecule has 0 heterocycles. The van der Waals surface area contributed by atoms with Gasteiger partial charge in [0.1, 0.15) is 0 Å². The van der Waals surface area contributed by atoms with E-state index < -0.39 is 6.09 Å². The van der Waals surface area contributed by atoms with E-state index in [2.05, 4.69) is 0 Å². The first-order chi connectivity index (χ1) is 7.74. The van der Waals surface area contributed by atoms with Crippen molar-refractivity contribution in [3.8, 4) is 0 Å². The topological polar surface area (TPSA) is 60.8 Å². The van der Waals surface area contributed by atoms with Crippen molar-refractivity contribution in [3.63, 3.8) is 0 Å². The van der Waals surface area contributed by atoms with Gasteiger partial charge >= 0.3 is 6.09 Å². The molecule has 1 rings (SSSR count). The Morgan fingerprint density at radius 1 is 1.19 bits per heavy atom. The molecule has 0 saturated carbocycles. The highest BCUT2D eigenvalue weighted by Crippen LogP contribution is 2.02. The van der Waals surface area contributed by atoms with Crippen LogP contribution in [0.4, 0.5) is 4.79 Å². The van der Waals surface area contributed by atoms with E-state index in [1.165, 1.54) is 4.90 Å². The maximum Gasteiger partial charge on any atom is 0.407 e. The number of nitrogens with zero attached hydrogens (tertiary/aromatic N) is 1. The molecule has 16 heavy (non-hydrogen) atoms. The third-order valence-electron chi connectivity index (χ3n) is 2.37. The van der Waals surface area contributed by atoms with E-state index in [1.807, 2.05) is 30.3 Å². The van der Waals surface area contributed by atoms with Gasteiger partial charge in [0.05, 0.1) is 0 Å². The van der Waals surface area contributed by atoms with Gasteiger partial charge in [-0.2, -0.15) is 0 Å². The summed E-state index contributed by atoms with van der Waals surface area (Å²) in [7, 11) is 0. The summed E-state index contributed by atoms with van der Waals surface area (Å²) in [6.07, 6.45) is 0.268. The van der Waals surface area contributed by atoms with Crippen LogP contribution in [0.2, 0.25) is 0 Å². The minimum Gasteiger partial charge on any atom is -0.465 e. The zero-order valence-corrected chi connectivity index (χ0v) is 9.17. The molecule has 0 fully saturated rings. The molecule has 0 unspecified atom stereocenters. The lowest BCUT2D eigenvalue weighted by Gasteiger charge is -2.18. The van der Waals surface area contributed by atoms with Crippen molar-refractivity contribution in [2.45, 2.75) is 12.8 Å². The molecule has 0 saturated heterocycles. The highest BCUT2D eigenvalue weighted by molar-refractivity contribution is 5.64. The zero-order valence-electron chi connectivity index (χ0n) is 9.17. The minimum absolute atomic E-state index is 0.0229. The standard InChI is InChI=1S/C12H17NO3/c14-10-4-8-13(12(15)16)9-7-11-5-2-1-3-6-11/h1-3,5-6,14H,4,7-10H2,(H,15,16). The van der Waals surface area contributed by atoms with Crippen LogP contribution >= 0.6 is 0 Å². The van der Waals surface area contributed by atoms with Crippen molar-refractivity contribution in [2.24, 2.45) is 0 Å². The van der Waals surface area contributed by atoms with E-state index in [0.29, 0.717) is 25.9 Å². The molecule has 0 bridgehead atoms. The van der Waals surface area contributed by atoms with Crippen LogP contribution in [0.15, 0.2) is 30.3 Å². The number of aliphatic hydroxyl groups is 1. The van der Waals surface area contributed by atoms with Crippen LogP contribution in [0, 0.1) is 0 Å². The quantitative estimate of drug-likeness (QED) is 0.770. The fourth-order valence-electron chi connectivity index (χ4n) is 1.47. The maximum absolute atomic E-state index is 10.9. The number of hydrogen-bond acceptors (Lipinski definition) is 2. The fourth-order valence-corrected chi connectivity index (χ4v) is 1.47. The summed E-state index contributed by atoms with van der Waals surface area (Å²) in [6.45, 7) is 0.882. The Morgan fingerprint density at radius 2 is 1.88 bits per heavy atom. The first kappa shape index (κ1) is 12.5. The largest absolute Gasteiger partial charge is 0.465 e. The van der Waals surface area contributed by atoms with E-state index in [-0.39, 0.29) is 6.61 Å². The number of carbonyl (C=O) groups is 1. The van der Waals surface area contributed by atoms with Crippen molar-refractivity contribution in [3.05, 3.63) is 35.9 Å². The summed E-state index contributed by atoms with van der Waals surface area (Å²) in [6, 6.07) is 9.77. The summed E-state index contributed by atoms with van der Waals surface area (Å²) in [5.74, 6) is 0. The lowest BCUT2D eigenvalue weighted by Crippen LogP contribution is -2.32. The van der Waals surface area contributed by atoms with E-state index in [9.17, 15) is 4.79 Å². The second kappa shape index (κ2) is 6.85. The van der Waals surface area contributed by atoms with Gasteiger partial charge < -0.3 is 15.1 Å². The van der Waals surface area contributed by atoms with Gasteiger partial charge in [-0.25, -0.2) is 4.79 Å². The zero-order chi connectivity index (χ0) is 11.8. The van der Waals surface area contributed by atoms with Crippen molar-refractivity contribution in [2.75, 3.05) is 19.7 Å². The van der Waals surface area contributed by atoms with Gasteiger partial charge in [0, 0.05) is 19.7 Å². The smallest absolute Gasteiger partial charge is 0.407 e. The van der Waals surface area contributed by atoms with Gasteiger partial charge in [0.2, 0.25) is 0 Å². The van der Waals surface area contributed by atoms with Crippen LogP contribution in [0.25, 0.3) is 0 Å². The highest BCUT2D eigenvalue weighted by Gasteiger charge is 2.10. The SMILES string of the molecule is O=C(O)N(CCCO)CCc1ccccc1. The Bertz CT molecular complexity index is 313. The Morgan fingerprint density at radius 3 is 2.44 bits per heavy atom. The van der Waals surface area contributed by atoms with Crippen LogP contribution in [-0.2, 0) is 6.42 Å². The van der Waals surface area contributed by atoms with Crippen molar-refractivity contribution in [1.82, 2.24) is 4.90 Å². The summed E-state index contributed by atoms with van der Waals surface area (Å²) in [4.78, 5) is 12.2. The lowest BCUT2D eigenvalue weighted by molar-refractivity contribution is 0.141. The Balaban J connectivity index is 2.41. The Kier molecular flexibility index (Phi) is 5.36. The predicted molar refractivity (Wildman–Crippen MR) is 61.4 cm³/mol. The average molecular weight is 223 g/mol. The molecule has 0 aliphatic carbocycles. The van der Waals surface area contributed by atoms with Crippen molar-refractivity contribution in [1.29, 1.82) is 0 Å². The van der Waals surface area contributed by atoms with Crippen LogP contribution < -0.4 is 0 Å². The molecule has 4 heteroatoms. The van der Waals surface area contributed by atoms with E-state index in [4.69, 9.17) is 10.2 Å². The Labute approximate surface area is 95.1 Å². The van der Waals surface area contributed by atoms with Crippen LogP contribution in [0.5, 0.6) is 0 Å². The predicted octanol–water partition coefficient (Wildman–Crippen LogP) is 1.59. The van der Waals surface area contributed by atoms with Gasteiger partial charge in [-0.05, 0) is 18.4 Å². The third-order valence-corrected chi connectivity index (χ3v) is 2.37. The molecule has 1 aromatic carbocycles. The number of aliphatic hydroxyl groups excluding tert-OH is 1. The summed E-state index contributed by atoms with van der Waals surface area (Å²) >= 11 is 0. The molecule has 2 N–H and O–H groups in total. The summed E-state index contributed by atoms with van der Waals surface area (Å²) < 4.78 is 0. The lowest BCUT2D eigenvalue weighted by atomic mass is 10.1. The van der Waals surface area contributed by atoms with Gasteiger partial charge in [-0.1, -0.05) is 30.3 Å². The molecule has 1 aromatic rings. The van der Waals surface area contributed by atoms with E-state index in [0.717, 1.165) is 5.56 Å². The third kappa shape index (κ3) is 4.31. The van der Waals surface area contributed by atoms with E-state index in [1.54, 1.807) is 0 Å². The van der Waals surface area contributed by atoms with Gasteiger partial charge in [-0.15, -0.1) is 0 Å². The molecule has 88 valence electrons. The molecular formula is C12H17NO3. The molecule has 0 atom stereocenters. The van der Waals surface area contributed by atoms with Crippen LogP contribution in [-0.4, -0.2) is 40.9 Å².